The van der Waals surface area contributed by atoms with Crippen LogP contribution >= 0.6 is 12.2 Å². The molecule has 0 saturated heterocycles. The van der Waals surface area contributed by atoms with Crippen LogP contribution in [0.4, 0.5) is 0 Å². The average Bonchev–Trinajstić information content (AvgIpc) is 3.34. The number of hydrogen-bond donors (Lipinski definition) is 1. The van der Waals surface area contributed by atoms with E-state index in [1.165, 1.54) is 0 Å². The van der Waals surface area contributed by atoms with E-state index in [1.54, 1.807) is 7.11 Å². The predicted molar refractivity (Wildman–Crippen MR) is 118 cm³/mol. The number of aromatic amines is 1. The Bertz CT molecular complexity index is 1350. The van der Waals surface area contributed by atoms with Crippen molar-refractivity contribution in [2.24, 2.45) is 0 Å². The van der Waals surface area contributed by atoms with Gasteiger partial charge in [0.1, 0.15) is 11.6 Å². The number of fused-ring (bicyclic) bond motifs is 1. The Kier molecular flexibility index (Phi) is 4.26. The zero-order chi connectivity index (χ0) is 19.8. The minimum Gasteiger partial charge on any atom is -0.497 e. The molecule has 0 bridgehead atoms. The predicted octanol–water partition coefficient (Wildman–Crippen LogP) is 5.55. The van der Waals surface area contributed by atoms with E-state index < -0.39 is 0 Å². The maximum atomic E-state index is 5.65. The molecule has 1 N–H and O–H groups in total. The van der Waals surface area contributed by atoms with Gasteiger partial charge in [-0.1, -0.05) is 30.3 Å². The van der Waals surface area contributed by atoms with Crippen molar-refractivity contribution in [2.75, 3.05) is 7.11 Å². The molecule has 142 valence electrons. The molecule has 0 fully saturated rings. The summed E-state index contributed by atoms with van der Waals surface area (Å²) >= 11 is 5.65. The minimum atomic E-state index is 0.629. The van der Waals surface area contributed by atoms with Crippen LogP contribution in [0.5, 0.6) is 5.75 Å². The van der Waals surface area contributed by atoms with E-state index in [9.17, 15) is 0 Å². The molecule has 0 unspecified atom stereocenters. The molecule has 0 amide bonds. The lowest BCUT2D eigenvalue weighted by Crippen LogP contribution is -2.05. The Morgan fingerprint density at radius 1 is 0.897 bits per heavy atom. The molecule has 5 rings (SSSR count). The summed E-state index contributed by atoms with van der Waals surface area (Å²) in [5.74, 6) is 1.69. The summed E-state index contributed by atoms with van der Waals surface area (Å²) < 4.78 is 9.86. The fourth-order valence-corrected chi connectivity index (χ4v) is 3.78. The highest BCUT2D eigenvalue weighted by Crippen LogP contribution is 2.28. The van der Waals surface area contributed by atoms with E-state index in [0.717, 1.165) is 39.5 Å². The molecule has 5 nitrogen and oxygen atoms in total. The number of methoxy groups -OCH3 is 1. The lowest BCUT2D eigenvalue weighted by atomic mass is 10.1. The summed E-state index contributed by atoms with van der Waals surface area (Å²) in [6.07, 6.45) is 0. The van der Waals surface area contributed by atoms with Crippen LogP contribution in [0.3, 0.4) is 0 Å². The molecule has 0 saturated carbocycles. The van der Waals surface area contributed by atoms with Crippen molar-refractivity contribution in [1.82, 2.24) is 19.3 Å². The second kappa shape index (κ2) is 7.07. The largest absolute Gasteiger partial charge is 0.497 e. The minimum absolute atomic E-state index is 0.629. The number of rotatable bonds is 4. The first kappa shape index (κ1) is 17.5. The smallest absolute Gasteiger partial charge is 0.183 e. The summed E-state index contributed by atoms with van der Waals surface area (Å²) in [5, 5.41) is 4.90. The number of nitrogens with one attached hydrogen (secondary N) is 1. The van der Waals surface area contributed by atoms with Crippen LogP contribution in [0.15, 0.2) is 84.9 Å². The molecule has 2 heterocycles. The molecule has 0 spiro atoms. The molecule has 0 atom stereocenters. The first-order valence-electron chi connectivity index (χ1n) is 9.24. The molecule has 6 heteroatoms. The van der Waals surface area contributed by atoms with Gasteiger partial charge in [0.05, 0.1) is 29.5 Å². The van der Waals surface area contributed by atoms with Crippen LogP contribution in [0.2, 0.25) is 0 Å². The zero-order valence-corrected chi connectivity index (χ0v) is 16.6. The second-order valence-corrected chi connectivity index (χ2v) is 7.03. The Hall–Kier alpha value is -3.64. The maximum Gasteiger partial charge on any atom is 0.183 e. The van der Waals surface area contributed by atoms with Crippen LogP contribution in [0, 0.1) is 4.77 Å². The number of para-hydroxylation sites is 3. The van der Waals surface area contributed by atoms with Gasteiger partial charge in [-0.2, -0.15) is 5.10 Å². The Morgan fingerprint density at radius 2 is 1.62 bits per heavy atom. The van der Waals surface area contributed by atoms with Crippen LogP contribution < -0.4 is 4.74 Å². The monoisotopic (exact) mass is 398 g/mol. The summed E-state index contributed by atoms with van der Waals surface area (Å²) in [6.45, 7) is 0. The van der Waals surface area contributed by atoms with Gasteiger partial charge in [-0.25, -0.2) is 4.68 Å². The van der Waals surface area contributed by atoms with E-state index in [-0.39, 0.29) is 0 Å². The van der Waals surface area contributed by atoms with E-state index in [1.807, 2.05) is 82.0 Å². The highest BCUT2D eigenvalue weighted by atomic mass is 32.1. The fourth-order valence-electron chi connectivity index (χ4n) is 3.47. The molecule has 2 aromatic heterocycles. The third-order valence-electron chi connectivity index (χ3n) is 4.90. The lowest BCUT2D eigenvalue weighted by molar-refractivity contribution is 0.415. The van der Waals surface area contributed by atoms with Crippen LogP contribution in [-0.4, -0.2) is 26.4 Å². The number of ether oxygens (including phenoxy) is 1. The summed E-state index contributed by atoms with van der Waals surface area (Å²) in [6, 6.07) is 28.1. The number of hydrogen-bond acceptors (Lipinski definition) is 3. The summed E-state index contributed by atoms with van der Waals surface area (Å²) in [7, 11) is 1.66. The molecule has 3 aromatic carbocycles. The number of nitrogens with zero attached hydrogens (tertiary/aromatic N) is 3. The van der Waals surface area contributed by atoms with Crippen LogP contribution in [0.25, 0.3) is 33.8 Å². The van der Waals surface area contributed by atoms with E-state index in [4.69, 9.17) is 22.1 Å². The van der Waals surface area contributed by atoms with Crippen LogP contribution in [0.1, 0.15) is 0 Å². The topological polar surface area (TPSA) is 47.8 Å². The number of aromatic nitrogens is 4. The van der Waals surface area contributed by atoms with Crippen molar-refractivity contribution < 1.29 is 4.74 Å². The molecule has 0 radical (unpaired) electrons. The number of benzene rings is 3. The van der Waals surface area contributed by atoms with Gasteiger partial charge in [0.2, 0.25) is 0 Å². The van der Waals surface area contributed by atoms with Gasteiger partial charge in [-0.3, -0.25) is 4.57 Å². The van der Waals surface area contributed by atoms with Gasteiger partial charge in [0, 0.05) is 11.6 Å². The molecule has 0 aliphatic heterocycles. The molecular weight excluding hydrogens is 380 g/mol. The van der Waals surface area contributed by atoms with Crippen molar-refractivity contribution in [3.63, 3.8) is 0 Å². The van der Waals surface area contributed by atoms with Crippen molar-refractivity contribution in [2.45, 2.75) is 0 Å². The normalized spacial score (nSPS) is 11.1. The molecule has 0 aliphatic rings. The Morgan fingerprint density at radius 3 is 2.38 bits per heavy atom. The average molecular weight is 398 g/mol. The Labute approximate surface area is 172 Å². The highest BCUT2D eigenvalue weighted by molar-refractivity contribution is 7.71. The second-order valence-electron chi connectivity index (χ2n) is 6.65. The quantitative estimate of drug-likeness (QED) is 0.404. The fraction of sp³-hybridized carbons (Fsp3) is 0.0435. The first-order chi connectivity index (χ1) is 14.2. The molecular formula is C23H18N4OS. The van der Waals surface area contributed by atoms with Crippen molar-refractivity contribution >= 4 is 23.3 Å². The maximum absolute atomic E-state index is 5.65. The third-order valence-corrected chi connectivity index (χ3v) is 5.18. The summed E-state index contributed by atoms with van der Waals surface area (Å²) in [4.78, 5) is 3.29. The summed E-state index contributed by atoms with van der Waals surface area (Å²) in [5.41, 5.74) is 4.83. The van der Waals surface area contributed by atoms with Gasteiger partial charge in [0.25, 0.3) is 0 Å². The van der Waals surface area contributed by atoms with Gasteiger partial charge in [-0.15, -0.1) is 0 Å². The van der Waals surface area contributed by atoms with E-state index >= 15 is 0 Å². The first-order valence-corrected chi connectivity index (χ1v) is 9.65. The van der Waals surface area contributed by atoms with Crippen LogP contribution in [-0.2, 0) is 0 Å². The van der Waals surface area contributed by atoms with Crippen molar-refractivity contribution in [1.29, 1.82) is 0 Å². The zero-order valence-electron chi connectivity index (χ0n) is 15.7. The van der Waals surface area contributed by atoms with Gasteiger partial charge in [0.15, 0.2) is 4.77 Å². The molecule has 0 aliphatic carbocycles. The Balaban J connectivity index is 1.76. The van der Waals surface area contributed by atoms with Gasteiger partial charge < -0.3 is 9.72 Å². The van der Waals surface area contributed by atoms with E-state index in [0.29, 0.717) is 4.77 Å². The number of H-pyrrole nitrogens is 1. The molecule has 29 heavy (non-hydrogen) atoms. The highest BCUT2D eigenvalue weighted by Gasteiger charge is 2.16. The van der Waals surface area contributed by atoms with Gasteiger partial charge in [-0.05, 0) is 60.7 Å². The van der Waals surface area contributed by atoms with E-state index in [2.05, 4.69) is 17.1 Å². The van der Waals surface area contributed by atoms with Crippen molar-refractivity contribution in [3.8, 4) is 28.5 Å². The SMILES string of the molecule is COc1ccc(-c2cc(-n3c(=S)[nH]c4ccccc43)n(-c3ccccc3)n2)cc1. The van der Waals surface area contributed by atoms with Gasteiger partial charge >= 0.3 is 0 Å². The third kappa shape index (κ3) is 3.03. The lowest BCUT2D eigenvalue weighted by Gasteiger charge is -2.08. The number of imidazole rings is 1. The standard InChI is InChI=1S/C23H18N4OS/c1-28-18-13-11-16(12-14-18)20-15-22(27(25-20)17-7-3-2-4-8-17)26-21-10-6-5-9-19(21)24-23(26)29/h2-15H,1H3,(H,24,29). The van der Waals surface area contributed by atoms with Crippen molar-refractivity contribution in [3.05, 3.63) is 89.7 Å². The molecule has 5 aromatic rings.